The Morgan fingerprint density at radius 3 is 2.67 bits per heavy atom. The zero-order chi connectivity index (χ0) is 8.97. The van der Waals surface area contributed by atoms with E-state index in [0.29, 0.717) is 5.38 Å². The molecule has 0 aromatic rings. The fourth-order valence-electron chi connectivity index (χ4n) is 2.21. The van der Waals surface area contributed by atoms with Crippen molar-refractivity contribution in [3.63, 3.8) is 0 Å². The second-order valence-electron chi connectivity index (χ2n) is 4.30. The quantitative estimate of drug-likeness (QED) is 0.450. The highest BCUT2D eigenvalue weighted by atomic mass is 35.5. The van der Waals surface area contributed by atoms with E-state index in [0.717, 1.165) is 18.3 Å². The van der Waals surface area contributed by atoms with Crippen molar-refractivity contribution in [3.05, 3.63) is 0 Å². The van der Waals surface area contributed by atoms with Gasteiger partial charge in [0.25, 0.3) is 0 Å². The van der Waals surface area contributed by atoms with Gasteiger partial charge in [-0.3, -0.25) is 0 Å². The third-order valence-electron chi connectivity index (χ3n) is 3.20. The molecule has 3 atom stereocenters. The molecule has 1 aliphatic carbocycles. The maximum Gasteiger partial charge on any atom is 0.0361 e. The maximum atomic E-state index is 6.26. The Morgan fingerprint density at radius 1 is 1.25 bits per heavy atom. The van der Waals surface area contributed by atoms with E-state index >= 15 is 0 Å². The van der Waals surface area contributed by atoms with Crippen LogP contribution in [0.1, 0.15) is 52.4 Å². The Hall–Kier alpha value is 0.290. The highest BCUT2D eigenvalue weighted by Crippen LogP contribution is 2.31. The second kappa shape index (κ2) is 5.11. The van der Waals surface area contributed by atoms with Crippen LogP contribution in [0.5, 0.6) is 0 Å². The molecule has 0 saturated heterocycles. The number of halogens is 1. The van der Waals surface area contributed by atoms with Gasteiger partial charge in [-0.1, -0.05) is 33.1 Å². The van der Waals surface area contributed by atoms with Crippen LogP contribution in [0.15, 0.2) is 0 Å². The molecule has 0 aromatic carbocycles. The summed E-state index contributed by atoms with van der Waals surface area (Å²) in [6, 6.07) is 0. The standard InChI is InChI=1S/C11H21Cl/c1-3-11(12)10-6-4-5-9(2)7-8-10/h9-11H,3-8H2,1-2H3. The van der Waals surface area contributed by atoms with Gasteiger partial charge in [0.15, 0.2) is 0 Å². The Bertz CT molecular complexity index is 122. The summed E-state index contributed by atoms with van der Waals surface area (Å²) in [4.78, 5) is 0. The average molecular weight is 189 g/mol. The first-order valence-corrected chi connectivity index (χ1v) is 5.81. The van der Waals surface area contributed by atoms with Gasteiger partial charge >= 0.3 is 0 Å². The average Bonchev–Trinajstić information content (AvgIpc) is 2.29. The minimum Gasteiger partial charge on any atom is -0.123 e. The topological polar surface area (TPSA) is 0 Å². The van der Waals surface area contributed by atoms with Gasteiger partial charge in [-0.15, -0.1) is 11.6 Å². The molecule has 0 spiro atoms. The van der Waals surface area contributed by atoms with E-state index in [4.69, 9.17) is 11.6 Å². The van der Waals surface area contributed by atoms with Gasteiger partial charge in [-0.05, 0) is 31.1 Å². The molecule has 1 saturated carbocycles. The fraction of sp³-hybridized carbons (Fsp3) is 1.00. The van der Waals surface area contributed by atoms with Crippen LogP contribution >= 0.6 is 11.6 Å². The largest absolute Gasteiger partial charge is 0.123 e. The summed E-state index contributed by atoms with van der Waals surface area (Å²) in [5, 5.41) is 0.440. The molecule has 1 heteroatoms. The number of hydrogen-bond donors (Lipinski definition) is 0. The molecule has 0 heterocycles. The fourth-order valence-corrected chi connectivity index (χ4v) is 2.46. The van der Waals surface area contributed by atoms with Gasteiger partial charge in [0, 0.05) is 5.38 Å². The molecular weight excluding hydrogens is 168 g/mol. The Morgan fingerprint density at radius 2 is 2.00 bits per heavy atom. The summed E-state index contributed by atoms with van der Waals surface area (Å²) in [7, 11) is 0. The minimum atomic E-state index is 0.440. The summed E-state index contributed by atoms with van der Waals surface area (Å²) < 4.78 is 0. The van der Waals surface area contributed by atoms with Crippen molar-refractivity contribution in [3.8, 4) is 0 Å². The molecular formula is C11H21Cl. The van der Waals surface area contributed by atoms with Crippen molar-refractivity contribution in [1.29, 1.82) is 0 Å². The van der Waals surface area contributed by atoms with Crippen molar-refractivity contribution in [2.24, 2.45) is 11.8 Å². The summed E-state index contributed by atoms with van der Waals surface area (Å²) >= 11 is 6.26. The molecule has 72 valence electrons. The van der Waals surface area contributed by atoms with Crippen molar-refractivity contribution in [2.45, 2.75) is 57.7 Å². The predicted octanol–water partition coefficient (Wildman–Crippen LogP) is 4.22. The first kappa shape index (κ1) is 10.4. The molecule has 12 heavy (non-hydrogen) atoms. The summed E-state index contributed by atoms with van der Waals surface area (Å²) in [5.41, 5.74) is 0. The molecule has 0 radical (unpaired) electrons. The van der Waals surface area contributed by atoms with Gasteiger partial charge in [0.05, 0.1) is 0 Å². The minimum absolute atomic E-state index is 0.440. The molecule has 3 unspecified atom stereocenters. The van der Waals surface area contributed by atoms with Gasteiger partial charge in [-0.25, -0.2) is 0 Å². The molecule has 1 fully saturated rings. The molecule has 0 nitrogen and oxygen atoms in total. The molecule has 0 aromatic heterocycles. The van der Waals surface area contributed by atoms with E-state index < -0.39 is 0 Å². The molecule has 0 aliphatic heterocycles. The monoisotopic (exact) mass is 188 g/mol. The van der Waals surface area contributed by atoms with E-state index in [1.807, 2.05) is 0 Å². The zero-order valence-corrected chi connectivity index (χ0v) is 9.11. The molecule has 0 amide bonds. The normalized spacial score (nSPS) is 34.2. The van der Waals surface area contributed by atoms with Gasteiger partial charge < -0.3 is 0 Å². The molecule has 1 rings (SSSR count). The highest BCUT2D eigenvalue weighted by Gasteiger charge is 2.21. The van der Waals surface area contributed by atoms with Crippen LogP contribution in [0.2, 0.25) is 0 Å². The number of rotatable bonds is 2. The number of alkyl halides is 1. The van der Waals surface area contributed by atoms with Crippen LogP contribution in [0, 0.1) is 11.8 Å². The van der Waals surface area contributed by atoms with Crippen molar-refractivity contribution < 1.29 is 0 Å². The molecule has 0 N–H and O–H groups in total. The van der Waals surface area contributed by atoms with Crippen LogP contribution in [-0.4, -0.2) is 5.38 Å². The van der Waals surface area contributed by atoms with Gasteiger partial charge in [0.1, 0.15) is 0 Å². The Balaban J connectivity index is 2.35. The third kappa shape index (κ3) is 2.97. The van der Waals surface area contributed by atoms with E-state index in [1.165, 1.54) is 32.1 Å². The first-order valence-electron chi connectivity index (χ1n) is 5.38. The highest BCUT2D eigenvalue weighted by molar-refractivity contribution is 6.20. The Kier molecular flexibility index (Phi) is 4.42. The van der Waals surface area contributed by atoms with E-state index in [9.17, 15) is 0 Å². The third-order valence-corrected chi connectivity index (χ3v) is 3.87. The lowest BCUT2D eigenvalue weighted by molar-refractivity contribution is 0.421. The molecule has 0 bridgehead atoms. The Labute approximate surface area is 81.7 Å². The summed E-state index contributed by atoms with van der Waals surface area (Å²) in [5.74, 6) is 1.75. The van der Waals surface area contributed by atoms with E-state index in [-0.39, 0.29) is 0 Å². The summed E-state index contributed by atoms with van der Waals surface area (Å²) in [6.07, 6.45) is 8.09. The van der Waals surface area contributed by atoms with E-state index in [1.54, 1.807) is 0 Å². The van der Waals surface area contributed by atoms with Crippen LogP contribution in [0.4, 0.5) is 0 Å². The van der Waals surface area contributed by atoms with Gasteiger partial charge in [0.2, 0.25) is 0 Å². The van der Waals surface area contributed by atoms with Crippen molar-refractivity contribution in [2.75, 3.05) is 0 Å². The first-order chi connectivity index (χ1) is 5.74. The predicted molar refractivity (Wildman–Crippen MR) is 55.7 cm³/mol. The van der Waals surface area contributed by atoms with Crippen molar-refractivity contribution >= 4 is 11.6 Å². The molecule has 1 aliphatic rings. The van der Waals surface area contributed by atoms with Gasteiger partial charge in [-0.2, -0.15) is 0 Å². The van der Waals surface area contributed by atoms with Crippen molar-refractivity contribution in [1.82, 2.24) is 0 Å². The van der Waals surface area contributed by atoms with Crippen LogP contribution in [0.3, 0.4) is 0 Å². The van der Waals surface area contributed by atoms with Crippen LogP contribution in [0.25, 0.3) is 0 Å². The smallest absolute Gasteiger partial charge is 0.0361 e. The van der Waals surface area contributed by atoms with Crippen LogP contribution in [-0.2, 0) is 0 Å². The lowest BCUT2D eigenvalue weighted by atomic mass is 9.94. The second-order valence-corrected chi connectivity index (χ2v) is 4.86. The lowest BCUT2D eigenvalue weighted by Gasteiger charge is -2.18. The van der Waals surface area contributed by atoms with E-state index in [2.05, 4.69) is 13.8 Å². The SMILES string of the molecule is CCC(Cl)C1CCCC(C)CC1. The lowest BCUT2D eigenvalue weighted by Crippen LogP contribution is -2.12. The van der Waals surface area contributed by atoms with Crippen LogP contribution < -0.4 is 0 Å². The summed E-state index contributed by atoms with van der Waals surface area (Å²) in [6.45, 7) is 4.57. The number of hydrogen-bond acceptors (Lipinski definition) is 0. The zero-order valence-electron chi connectivity index (χ0n) is 8.35. The maximum absolute atomic E-state index is 6.26.